The average molecular weight is 408 g/mol. The van der Waals surface area contributed by atoms with E-state index in [-0.39, 0.29) is 23.6 Å². The van der Waals surface area contributed by atoms with Crippen molar-refractivity contribution in [3.63, 3.8) is 0 Å². The molecule has 2 amide bonds. The molecule has 6 nitrogen and oxygen atoms in total. The lowest BCUT2D eigenvalue weighted by Crippen LogP contribution is -2.29. The highest BCUT2D eigenvalue weighted by atomic mass is 35.5. The van der Waals surface area contributed by atoms with E-state index in [0.29, 0.717) is 30.2 Å². The molecule has 0 aliphatic carbocycles. The van der Waals surface area contributed by atoms with Crippen LogP contribution in [0.1, 0.15) is 17.5 Å². The largest absolute Gasteiger partial charge is 0.334 e. The van der Waals surface area contributed by atoms with E-state index >= 15 is 0 Å². The predicted molar refractivity (Wildman–Crippen MR) is 108 cm³/mol. The fourth-order valence-electron chi connectivity index (χ4n) is 2.88. The van der Waals surface area contributed by atoms with Crippen LogP contribution in [-0.2, 0) is 22.9 Å². The number of rotatable bonds is 6. The number of hydrogen-bond acceptors (Lipinski definition) is 4. The Hall–Kier alpha value is -2.09. The van der Waals surface area contributed by atoms with Gasteiger partial charge in [-0.2, -0.15) is 0 Å². The van der Waals surface area contributed by atoms with Crippen molar-refractivity contribution in [3.8, 4) is 0 Å². The Morgan fingerprint density at radius 2 is 1.63 bits per heavy atom. The van der Waals surface area contributed by atoms with Crippen molar-refractivity contribution in [2.24, 2.45) is 0 Å². The highest BCUT2D eigenvalue weighted by Crippen LogP contribution is 2.14. The molecular weight excluding hydrogens is 386 g/mol. The smallest absolute Gasteiger partial charge is 0.319 e. The van der Waals surface area contributed by atoms with Gasteiger partial charge in [-0.05, 0) is 41.8 Å². The van der Waals surface area contributed by atoms with Crippen molar-refractivity contribution < 1.29 is 13.2 Å². The third-order valence-electron chi connectivity index (χ3n) is 4.41. The maximum Gasteiger partial charge on any atom is 0.319 e. The monoisotopic (exact) mass is 407 g/mol. The molecule has 1 unspecified atom stereocenters. The molecule has 8 heteroatoms. The summed E-state index contributed by atoms with van der Waals surface area (Å²) in [6.07, 6.45) is 0.662. The van der Waals surface area contributed by atoms with Gasteiger partial charge in [-0.15, -0.1) is 0 Å². The molecule has 0 aromatic heterocycles. The number of anilines is 1. The van der Waals surface area contributed by atoms with Gasteiger partial charge in [0.1, 0.15) is 0 Å². The van der Waals surface area contributed by atoms with Crippen LogP contribution in [0.5, 0.6) is 0 Å². The number of urea groups is 1. The molecular formula is C19H22ClN3O3S. The van der Waals surface area contributed by atoms with Crippen LogP contribution in [0.25, 0.3) is 0 Å². The molecule has 1 saturated heterocycles. The number of amides is 2. The van der Waals surface area contributed by atoms with E-state index in [4.69, 9.17) is 11.6 Å². The normalized spacial score (nSPS) is 18.2. The summed E-state index contributed by atoms with van der Waals surface area (Å²) in [6.45, 7) is 1.01. The van der Waals surface area contributed by atoms with E-state index in [0.717, 1.165) is 11.1 Å². The second kappa shape index (κ2) is 8.73. The molecule has 0 spiro atoms. The van der Waals surface area contributed by atoms with Gasteiger partial charge in [0.05, 0.1) is 11.5 Å². The van der Waals surface area contributed by atoms with Crippen LogP contribution in [0.2, 0.25) is 5.02 Å². The highest BCUT2D eigenvalue weighted by molar-refractivity contribution is 7.91. The van der Waals surface area contributed by atoms with Gasteiger partial charge in [0.2, 0.25) is 0 Å². The summed E-state index contributed by atoms with van der Waals surface area (Å²) in [5.41, 5.74) is 2.69. The van der Waals surface area contributed by atoms with E-state index in [1.54, 1.807) is 12.1 Å². The molecule has 27 heavy (non-hydrogen) atoms. The molecule has 0 radical (unpaired) electrons. The van der Waals surface area contributed by atoms with Crippen molar-refractivity contribution in [1.82, 2.24) is 10.6 Å². The fourth-order valence-corrected chi connectivity index (χ4v) is 4.72. The maximum absolute atomic E-state index is 12.0. The summed E-state index contributed by atoms with van der Waals surface area (Å²) in [5.74, 6) is 0.471. The number of benzene rings is 2. The SMILES string of the molecule is O=C(NCc1ccc(Cl)cc1)Nc1ccc(CNC2CCS(=O)(=O)C2)cc1. The van der Waals surface area contributed by atoms with Crippen molar-refractivity contribution in [2.45, 2.75) is 25.6 Å². The first kappa shape index (κ1) is 19.7. The van der Waals surface area contributed by atoms with E-state index in [9.17, 15) is 13.2 Å². The summed E-state index contributed by atoms with van der Waals surface area (Å²) in [6, 6.07) is 14.5. The topological polar surface area (TPSA) is 87.3 Å². The Bertz CT molecular complexity index is 883. The third kappa shape index (κ3) is 6.23. The summed E-state index contributed by atoms with van der Waals surface area (Å²) in [4.78, 5) is 12.0. The molecule has 144 valence electrons. The van der Waals surface area contributed by atoms with E-state index in [1.807, 2.05) is 36.4 Å². The molecule has 1 atom stereocenters. The molecule has 1 aliphatic heterocycles. The summed E-state index contributed by atoms with van der Waals surface area (Å²) >= 11 is 5.84. The Morgan fingerprint density at radius 1 is 1.00 bits per heavy atom. The first-order chi connectivity index (χ1) is 12.9. The molecule has 3 N–H and O–H groups in total. The van der Waals surface area contributed by atoms with Crippen LogP contribution in [0.3, 0.4) is 0 Å². The second-order valence-electron chi connectivity index (χ2n) is 6.61. The quantitative estimate of drug-likeness (QED) is 0.687. The van der Waals surface area contributed by atoms with Gasteiger partial charge in [-0.1, -0.05) is 35.9 Å². The van der Waals surface area contributed by atoms with Crippen LogP contribution in [0, 0.1) is 0 Å². The van der Waals surface area contributed by atoms with Gasteiger partial charge < -0.3 is 16.0 Å². The Labute approximate surface area is 164 Å². The van der Waals surface area contributed by atoms with Crippen LogP contribution < -0.4 is 16.0 Å². The Morgan fingerprint density at radius 3 is 2.26 bits per heavy atom. The zero-order valence-corrected chi connectivity index (χ0v) is 16.3. The minimum absolute atomic E-state index is 0.0199. The Balaban J connectivity index is 1.43. The second-order valence-corrected chi connectivity index (χ2v) is 9.28. The lowest BCUT2D eigenvalue weighted by Gasteiger charge is -2.11. The molecule has 2 aromatic carbocycles. The number of nitrogens with one attached hydrogen (secondary N) is 3. The zero-order valence-electron chi connectivity index (χ0n) is 14.7. The number of carbonyl (C=O) groups is 1. The Kier molecular flexibility index (Phi) is 6.36. The summed E-state index contributed by atoms with van der Waals surface area (Å²) in [7, 11) is -2.87. The van der Waals surface area contributed by atoms with E-state index in [2.05, 4.69) is 16.0 Å². The van der Waals surface area contributed by atoms with Crippen LogP contribution in [0.4, 0.5) is 10.5 Å². The fraction of sp³-hybridized carbons (Fsp3) is 0.316. The minimum atomic E-state index is -2.87. The van der Waals surface area contributed by atoms with Crippen molar-refractivity contribution in [2.75, 3.05) is 16.8 Å². The maximum atomic E-state index is 12.0. The van der Waals surface area contributed by atoms with Crippen molar-refractivity contribution >= 4 is 33.2 Å². The van der Waals surface area contributed by atoms with Crippen molar-refractivity contribution in [1.29, 1.82) is 0 Å². The van der Waals surface area contributed by atoms with Crippen molar-refractivity contribution in [3.05, 3.63) is 64.7 Å². The molecule has 1 fully saturated rings. The summed E-state index contributed by atoms with van der Waals surface area (Å²) < 4.78 is 22.9. The van der Waals surface area contributed by atoms with Gasteiger partial charge in [-0.3, -0.25) is 0 Å². The molecule has 0 saturated carbocycles. The zero-order chi connectivity index (χ0) is 19.3. The molecule has 3 rings (SSSR count). The number of hydrogen-bond donors (Lipinski definition) is 3. The number of carbonyl (C=O) groups excluding carboxylic acids is 1. The van der Waals surface area contributed by atoms with Gasteiger partial charge in [0.25, 0.3) is 0 Å². The number of sulfone groups is 1. The third-order valence-corrected chi connectivity index (χ3v) is 6.43. The lowest BCUT2D eigenvalue weighted by molar-refractivity contribution is 0.251. The van der Waals surface area contributed by atoms with Crippen LogP contribution in [0.15, 0.2) is 48.5 Å². The number of halogens is 1. The average Bonchev–Trinajstić information content (AvgIpc) is 2.99. The summed E-state index contributed by atoms with van der Waals surface area (Å²) in [5, 5.41) is 9.50. The van der Waals surface area contributed by atoms with Gasteiger partial charge in [0.15, 0.2) is 9.84 Å². The lowest BCUT2D eigenvalue weighted by atomic mass is 10.2. The molecule has 0 bridgehead atoms. The molecule has 2 aromatic rings. The minimum Gasteiger partial charge on any atom is -0.334 e. The van der Waals surface area contributed by atoms with Gasteiger partial charge in [-0.25, -0.2) is 13.2 Å². The van der Waals surface area contributed by atoms with Crippen LogP contribution >= 0.6 is 11.6 Å². The van der Waals surface area contributed by atoms with Gasteiger partial charge in [0, 0.05) is 29.8 Å². The van der Waals surface area contributed by atoms with Crippen LogP contribution in [-0.4, -0.2) is 32.0 Å². The molecule has 1 heterocycles. The standard InChI is InChI=1S/C19H22ClN3O3S/c20-16-5-1-14(2-6-16)12-22-19(24)23-17-7-3-15(4-8-17)11-21-18-9-10-27(25,26)13-18/h1-8,18,21H,9-13H2,(H2,22,23,24). The predicted octanol–water partition coefficient (Wildman–Crippen LogP) is 2.94. The highest BCUT2D eigenvalue weighted by Gasteiger charge is 2.27. The van der Waals surface area contributed by atoms with E-state index < -0.39 is 9.84 Å². The van der Waals surface area contributed by atoms with E-state index in [1.165, 1.54) is 0 Å². The first-order valence-corrected chi connectivity index (χ1v) is 10.9. The molecule has 1 aliphatic rings. The first-order valence-electron chi connectivity index (χ1n) is 8.72. The van der Waals surface area contributed by atoms with Gasteiger partial charge >= 0.3 is 6.03 Å².